The summed E-state index contributed by atoms with van der Waals surface area (Å²) in [6.07, 6.45) is 7.23. The third kappa shape index (κ3) is 5.25. The van der Waals surface area contributed by atoms with Crippen molar-refractivity contribution >= 4 is 28.6 Å². The summed E-state index contributed by atoms with van der Waals surface area (Å²) in [5.74, 6) is -0.0285. The molecule has 3 aromatic heterocycles. The molecule has 4 heterocycles. The molecule has 1 saturated carbocycles. The minimum absolute atomic E-state index is 0.0147. The molecule has 1 amide bonds. The van der Waals surface area contributed by atoms with Crippen LogP contribution in [0.4, 0.5) is 20.5 Å². The molecule has 0 radical (unpaired) electrons. The van der Waals surface area contributed by atoms with E-state index < -0.39 is 11.6 Å². The van der Waals surface area contributed by atoms with Crippen LogP contribution in [-0.2, 0) is 18.4 Å². The summed E-state index contributed by atoms with van der Waals surface area (Å²) in [5, 5.41) is 8.16. The van der Waals surface area contributed by atoms with E-state index in [1.165, 1.54) is 6.07 Å². The van der Waals surface area contributed by atoms with Gasteiger partial charge in [0, 0.05) is 75.5 Å². The maximum atomic E-state index is 15.2. The Kier molecular flexibility index (Phi) is 7.14. The predicted octanol–water partition coefficient (Wildman–Crippen LogP) is 4.77. The van der Waals surface area contributed by atoms with E-state index in [2.05, 4.69) is 30.3 Å². The summed E-state index contributed by atoms with van der Waals surface area (Å²) in [4.78, 5) is 28.6. The molecule has 40 heavy (non-hydrogen) atoms. The molecular formula is C29H32F2N8O. The average molecular weight is 547 g/mol. The minimum Gasteiger partial charge on any atom is -0.340 e. The fourth-order valence-corrected chi connectivity index (χ4v) is 5.91. The van der Waals surface area contributed by atoms with Crippen LogP contribution in [-0.4, -0.2) is 66.6 Å². The van der Waals surface area contributed by atoms with Gasteiger partial charge in [-0.3, -0.25) is 14.4 Å². The Hall–Kier alpha value is -3.99. The Morgan fingerprint density at radius 3 is 2.50 bits per heavy atom. The number of halogens is 2. The number of aromatic nitrogens is 5. The van der Waals surface area contributed by atoms with Gasteiger partial charge in [0.05, 0.1) is 6.20 Å². The highest BCUT2D eigenvalue weighted by Crippen LogP contribution is 2.39. The minimum atomic E-state index is -0.635. The second kappa shape index (κ2) is 10.9. The molecule has 1 aliphatic heterocycles. The fraction of sp³-hybridized carbons (Fsp3) is 0.414. The molecule has 0 bridgehead atoms. The zero-order valence-electron chi connectivity index (χ0n) is 22.7. The molecule has 0 atom stereocenters. The highest BCUT2D eigenvalue weighted by Gasteiger charge is 2.25. The van der Waals surface area contributed by atoms with Crippen LogP contribution >= 0.6 is 0 Å². The van der Waals surface area contributed by atoms with Gasteiger partial charge in [-0.05, 0) is 36.6 Å². The first kappa shape index (κ1) is 26.2. The van der Waals surface area contributed by atoms with Crippen LogP contribution in [0.3, 0.4) is 0 Å². The molecule has 4 aromatic rings. The fourth-order valence-electron chi connectivity index (χ4n) is 5.91. The molecule has 1 saturated heterocycles. The maximum Gasteiger partial charge on any atom is 0.229 e. The van der Waals surface area contributed by atoms with E-state index in [4.69, 9.17) is 0 Å². The molecule has 2 fully saturated rings. The first-order valence-corrected chi connectivity index (χ1v) is 13.7. The van der Waals surface area contributed by atoms with Gasteiger partial charge < -0.3 is 10.2 Å². The third-order valence-electron chi connectivity index (χ3n) is 7.99. The summed E-state index contributed by atoms with van der Waals surface area (Å²) in [5.41, 5.74) is 2.69. The van der Waals surface area contributed by atoms with Crippen LogP contribution < -0.4 is 5.32 Å². The predicted molar refractivity (Wildman–Crippen MR) is 148 cm³/mol. The number of pyridine rings is 1. The third-order valence-corrected chi connectivity index (χ3v) is 7.99. The lowest BCUT2D eigenvalue weighted by molar-refractivity contribution is -0.130. The van der Waals surface area contributed by atoms with Crippen LogP contribution in [0.25, 0.3) is 22.2 Å². The smallest absolute Gasteiger partial charge is 0.229 e. The number of hydrogen-bond donors (Lipinski definition) is 1. The second-order valence-electron chi connectivity index (χ2n) is 10.7. The first-order valence-electron chi connectivity index (χ1n) is 13.7. The summed E-state index contributed by atoms with van der Waals surface area (Å²) in [6, 6.07) is 6.86. The molecule has 1 aliphatic carbocycles. The monoisotopic (exact) mass is 546 g/mol. The van der Waals surface area contributed by atoms with Crippen LogP contribution in [0.1, 0.15) is 49.8 Å². The van der Waals surface area contributed by atoms with Gasteiger partial charge in [-0.2, -0.15) is 5.10 Å². The lowest BCUT2D eigenvalue weighted by atomic mass is 9.98. The Bertz CT molecular complexity index is 1540. The van der Waals surface area contributed by atoms with Crippen LogP contribution in [0, 0.1) is 11.6 Å². The maximum absolute atomic E-state index is 15.2. The Morgan fingerprint density at radius 2 is 1.80 bits per heavy atom. The number of aryl methyl sites for hydroxylation is 1. The van der Waals surface area contributed by atoms with Crippen molar-refractivity contribution in [2.24, 2.45) is 7.05 Å². The van der Waals surface area contributed by atoms with E-state index in [0.29, 0.717) is 28.2 Å². The number of hydrogen-bond acceptors (Lipinski definition) is 7. The molecule has 1 aromatic carbocycles. The van der Waals surface area contributed by atoms with Gasteiger partial charge in [0.1, 0.15) is 17.0 Å². The summed E-state index contributed by atoms with van der Waals surface area (Å²) >= 11 is 0. The molecule has 6 rings (SSSR count). The van der Waals surface area contributed by atoms with Gasteiger partial charge in [0.2, 0.25) is 11.9 Å². The molecule has 1 N–H and O–H groups in total. The van der Waals surface area contributed by atoms with Crippen molar-refractivity contribution in [2.45, 2.75) is 45.1 Å². The van der Waals surface area contributed by atoms with Crippen molar-refractivity contribution < 1.29 is 13.6 Å². The summed E-state index contributed by atoms with van der Waals surface area (Å²) < 4.78 is 31.9. The van der Waals surface area contributed by atoms with E-state index in [0.717, 1.165) is 75.9 Å². The number of nitrogens with zero attached hydrogens (tertiary/aromatic N) is 7. The highest BCUT2D eigenvalue weighted by molar-refractivity contribution is 5.87. The van der Waals surface area contributed by atoms with E-state index in [1.807, 2.05) is 24.1 Å². The summed E-state index contributed by atoms with van der Waals surface area (Å²) in [7, 11) is 1.84. The van der Waals surface area contributed by atoms with E-state index >= 15 is 4.39 Å². The molecule has 2 aliphatic rings. The molecule has 9 nitrogen and oxygen atoms in total. The number of amides is 1. The number of fused-ring (bicyclic) bond motifs is 1. The molecule has 0 unspecified atom stereocenters. The highest BCUT2D eigenvalue weighted by atomic mass is 19.1. The van der Waals surface area contributed by atoms with Crippen molar-refractivity contribution in [3.63, 3.8) is 0 Å². The van der Waals surface area contributed by atoms with E-state index in [-0.39, 0.29) is 17.5 Å². The van der Waals surface area contributed by atoms with Gasteiger partial charge >= 0.3 is 0 Å². The zero-order valence-corrected chi connectivity index (χ0v) is 22.7. The summed E-state index contributed by atoms with van der Waals surface area (Å²) in [6.45, 7) is 5.43. The molecular weight excluding hydrogens is 514 g/mol. The number of anilines is 2. The standard InChI is InChI=1S/C29H32F2N8O/c1-18(40)39-11-9-38(10-12-39)17-19-7-8-25(32-15-19)34-29-33-16-24(31)26(35-29)21-13-22-27(23(30)14-21)36-37(2)28(22)20-5-3-4-6-20/h7-8,13-16,20H,3-6,9-12,17H2,1-2H3,(H,32,33,34,35). The molecule has 11 heteroatoms. The normalized spacial score (nSPS) is 16.6. The van der Waals surface area contributed by atoms with Crippen LogP contribution in [0.2, 0.25) is 0 Å². The SMILES string of the molecule is CC(=O)N1CCN(Cc2ccc(Nc3ncc(F)c(-c4cc(F)c5nn(C)c(C6CCCC6)c5c4)n3)nc2)CC1. The zero-order chi connectivity index (χ0) is 27.8. The Labute approximate surface area is 231 Å². The van der Waals surface area contributed by atoms with Crippen molar-refractivity contribution in [3.05, 3.63) is 59.6 Å². The number of benzene rings is 1. The largest absolute Gasteiger partial charge is 0.340 e. The molecule has 208 valence electrons. The Balaban J connectivity index is 1.20. The topological polar surface area (TPSA) is 92.1 Å². The van der Waals surface area contributed by atoms with Crippen LogP contribution in [0.15, 0.2) is 36.7 Å². The van der Waals surface area contributed by atoms with Gasteiger partial charge in [-0.15, -0.1) is 0 Å². The van der Waals surface area contributed by atoms with Crippen LogP contribution in [0.5, 0.6) is 0 Å². The van der Waals surface area contributed by atoms with Crippen molar-refractivity contribution in [1.82, 2.24) is 34.5 Å². The van der Waals surface area contributed by atoms with E-state index in [9.17, 15) is 9.18 Å². The van der Waals surface area contributed by atoms with Gasteiger partial charge in [0.25, 0.3) is 0 Å². The van der Waals surface area contributed by atoms with Crippen molar-refractivity contribution in [2.75, 3.05) is 31.5 Å². The van der Waals surface area contributed by atoms with Gasteiger partial charge in [0.15, 0.2) is 11.6 Å². The number of piperazine rings is 1. The number of carbonyl (C=O) groups is 1. The average Bonchev–Trinajstić information content (AvgIpc) is 3.58. The number of rotatable bonds is 6. The van der Waals surface area contributed by atoms with Gasteiger partial charge in [-0.25, -0.2) is 23.7 Å². The van der Waals surface area contributed by atoms with Gasteiger partial charge in [-0.1, -0.05) is 18.9 Å². The van der Waals surface area contributed by atoms with Crippen molar-refractivity contribution in [3.8, 4) is 11.3 Å². The van der Waals surface area contributed by atoms with E-state index in [1.54, 1.807) is 23.9 Å². The van der Waals surface area contributed by atoms with Crippen molar-refractivity contribution in [1.29, 1.82) is 0 Å². The first-order chi connectivity index (χ1) is 19.4. The second-order valence-corrected chi connectivity index (χ2v) is 10.7. The molecule has 0 spiro atoms. The number of nitrogens with one attached hydrogen (secondary N) is 1. The lowest BCUT2D eigenvalue weighted by Gasteiger charge is -2.34. The quantitative estimate of drug-likeness (QED) is 0.373. The lowest BCUT2D eigenvalue weighted by Crippen LogP contribution is -2.47. The Morgan fingerprint density at radius 1 is 1.02 bits per heavy atom. The number of carbonyl (C=O) groups excluding carboxylic acids is 1.